The van der Waals surface area contributed by atoms with Gasteiger partial charge in [-0.2, -0.15) is 0 Å². The number of hydrogen-bond acceptors (Lipinski definition) is 2. The van der Waals surface area contributed by atoms with E-state index in [0.29, 0.717) is 0 Å². The number of nitrogens with zero attached hydrogens (tertiary/aromatic N) is 2. The van der Waals surface area contributed by atoms with E-state index in [2.05, 4.69) is 24.1 Å². The van der Waals surface area contributed by atoms with Crippen molar-refractivity contribution in [3.05, 3.63) is 59.7 Å². The van der Waals surface area contributed by atoms with E-state index in [-0.39, 0.29) is 11.9 Å². The van der Waals surface area contributed by atoms with Gasteiger partial charge in [0.1, 0.15) is 0 Å². The van der Waals surface area contributed by atoms with Crippen molar-refractivity contribution in [1.82, 2.24) is 0 Å². The van der Waals surface area contributed by atoms with Gasteiger partial charge in [-0.05, 0) is 30.2 Å². The molecule has 0 unspecified atom stereocenters. The number of anilines is 2. The lowest BCUT2D eigenvalue weighted by molar-refractivity contribution is 0.0983. The number of amides is 1. The lowest BCUT2D eigenvalue weighted by Crippen LogP contribution is -2.41. The molecule has 4 rings (SSSR count). The van der Waals surface area contributed by atoms with Crippen molar-refractivity contribution in [3.63, 3.8) is 0 Å². The molecular formula is C17H16N2O. The molecule has 0 bridgehead atoms. The molecule has 2 heterocycles. The number of hydrogen-bond donors (Lipinski definition) is 0. The van der Waals surface area contributed by atoms with Gasteiger partial charge in [0.2, 0.25) is 0 Å². The second-order valence-electron chi connectivity index (χ2n) is 5.56. The average Bonchev–Trinajstić information content (AvgIpc) is 2.79. The van der Waals surface area contributed by atoms with Crippen LogP contribution in [0.5, 0.6) is 0 Å². The summed E-state index contributed by atoms with van der Waals surface area (Å²) in [6, 6.07) is 16.4. The first-order valence-corrected chi connectivity index (χ1v) is 6.97. The number of likely N-dealkylation sites (N-methyl/N-ethyl adjacent to an activating group) is 1. The summed E-state index contributed by atoms with van der Waals surface area (Å²) in [5, 5.41) is 0. The molecule has 1 amide bonds. The van der Waals surface area contributed by atoms with E-state index in [1.165, 1.54) is 5.56 Å². The summed E-state index contributed by atoms with van der Waals surface area (Å²) >= 11 is 0. The van der Waals surface area contributed by atoms with Crippen LogP contribution < -0.4 is 9.80 Å². The Morgan fingerprint density at radius 1 is 1.00 bits per heavy atom. The van der Waals surface area contributed by atoms with Crippen LogP contribution in [0.3, 0.4) is 0 Å². The normalized spacial score (nSPS) is 20.2. The Labute approximate surface area is 118 Å². The SMILES string of the molecule is CN1C[C@@H]2Cc3ccccc3N2C(=O)c2ccccc21. The maximum Gasteiger partial charge on any atom is 0.260 e. The molecule has 100 valence electrons. The molecule has 0 aliphatic carbocycles. The summed E-state index contributed by atoms with van der Waals surface area (Å²) in [7, 11) is 2.07. The van der Waals surface area contributed by atoms with E-state index in [1.54, 1.807) is 0 Å². The highest BCUT2D eigenvalue weighted by atomic mass is 16.2. The van der Waals surface area contributed by atoms with Crippen molar-refractivity contribution in [2.75, 3.05) is 23.4 Å². The summed E-state index contributed by atoms with van der Waals surface area (Å²) < 4.78 is 0. The first-order valence-electron chi connectivity index (χ1n) is 6.97. The van der Waals surface area contributed by atoms with Crippen molar-refractivity contribution >= 4 is 17.3 Å². The van der Waals surface area contributed by atoms with Gasteiger partial charge < -0.3 is 9.80 Å². The van der Waals surface area contributed by atoms with E-state index in [4.69, 9.17) is 0 Å². The molecule has 0 radical (unpaired) electrons. The van der Waals surface area contributed by atoms with Gasteiger partial charge in [-0.1, -0.05) is 30.3 Å². The van der Waals surface area contributed by atoms with Crippen molar-refractivity contribution in [1.29, 1.82) is 0 Å². The van der Waals surface area contributed by atoms with Crippen LogP contribution in [0.2, 0.25) is 0 Å². The van der Waals surface area contributed by atoms with Gasteiger partial charge >= 0.3 is 0 Å². The minimum absolute atomic E-state index is 0.125. The molecular weight excluding hydrogens is 248 g/mol. The number of fused-ring (bicyclic) bond motifs is 4. The number of benzene rings is 2. The minimum Gasteiger partial charge on any atom is -0.372 e. The molecule has 2 aliphatic rings. The molecule has 0 saturated heterocycles. The van der Waals surface area contributed by atoms with E-state index < -0.39 is 0 Å². The van der Waals surface area contributed by atoms with E-state index in [1.807, 2.05) is 41.3 Å². The first-order chi connectivity index (χ1) is 9.75. The highest BCUT2D eigenvalue weighted by molar-refractivity contribution is 6.11. The Bertz CT molecular complexity index is 695. The van der Waals surface area contributed by atoms with E-state index >= 15 is 0 Å². The maximum absolute atomic E-state index is 12.9. The third-order valence-electron chi connectivity index (χ3n) is 4.32. The monoisotopic (exact) mass is 264 g/mol. The molecule has 2 aromatic rings. The van der Waals surface area contributed by atoms with Crippen LogP contribution in [0, 0.1) is 0 Å². The van der Waals surface area contributed by atoms with Crippen molar-refractivity contribution in [2.45, 2.75) is 12.5 Å². The summed E-state index contributed by atoms with van der Waals surface area (Å²) in [6.07, 6.45) is 0.945. The fourth-order valence-corrected chi connectivity index (χ4v) is 3.41. The molecule has 0 fully saturated rings. The predicted octanol–water partition coefficient (Wildman–Crippen LogP) is 2.71. The van der Waals surface area contributed by atoms with Crippen LogP contribution in [0.4, 0.5) is 11.4 Å². The Kier molecular flexibility index (Phi) is 2.36. The standard InChI is InChI=1S/C17H16N2O/c1-18-11-13-10-12-6-2-4-8-15(12)19(13)17(20)14-7-3-5-9-16(14)18/h2-9,13H,10-11H2,1H3/t13-/m0/s1. The third kappa shape index (κ3) is 1.49. The minimum atomic E-state index is 0.125. The van der Waals surface area contributed by atoms with Crippen molar-refractivity contribution in [3.8, 4) is 0 Å². The molecule has 0 spiro atoms. The van der Waals surface area contributed by atoms with Gasteiger partial charge in [0.05, 0.1) is 11.6 Å². The van der Waals surface area contributed by atoms with Crippen molar-refractivity contribution < 1.29 is 4.79 Å². The van der Waals surface area contributed by atoms with E-state index in [9.17, 15) is 4.79 Å². The lowest BCUT2D eigenvalue weighted by Gasteiger charge is -2.25. The Balaban J connectivity index is 1.89. The zero-order chi connectivity index (χ0) is 13.7. The van der Waals surface area contributed by atoms with Crippen LogP contribution in [-0.4, -0.2) is 25.5 Å². The largest absolute Gasteiger partial charge is 0.372 e. The fraction of sp³-hybridized carbons (Fsp3) is 0.235. The summed E-state index contributed by atoms with van der Waals surface area (Å²) in [5.41, 5.74) is 4.19. The number of carbonyl (C=O) groups excluding carboxylic acids is 1. The molecule has 2 aliphatic heterocycles. The predicted molar refractivity (Wildman–Crippen MR) is 80.5 cm³/mol. The molecule has 20 heavy (non-hydrogen) atoms. The van der Waals surface area contributed by atoms with Gasteiger partial charge in [-0.25, -0.2) is 0 Å². The molecule has 1 atom stereocenters. The Hall–Kier alpha value is -2.29. The second kappa shape index (κ2) is 4.10. The average molecular weight is 264 g/mol. The van der Waals surface area contributed by atoms with Crippen LogP contribution in [0.25, 0.3) is 0 Å². The quantitative estimate of drug-likeness (QED) is 0.730. The second-order valence-corrected chi connectivity index (χ2v) is 5.56. The van der Waals surface area contributed by atoms with Crippen LogP contribution in [0.1, 0.15) is 15.9 Å². The van der Waals surface area contributed by atoms with Crippen LogP contribution in [-0.2, 0) is 6.42 Å². The van der Waals surface area contributed by atoms with Gasteiger partial charge in [-0.15, -0.1) is 0 Å². The van der Waals surface area contributed by atoms with Crippen molar-refractivity contribution in [2.24, 2.45) is 0 Å². The number of carbonyl (C=O) groups is 1. The van der Waals surface area contributed by atoms with Gasteiger partial charge in [-0.3, -0.25) is 4.79 Å². The van der Waals surface area contributed by atoms with Crippen LogP contribution in [0.15, 0.2) is 48.5 Å². The van der Waals surface area contributed by atoms with Crippen LogP contribution >= 0.6 is 0 Å². The van der Waals surface area contributed by atoms with Gasteiger partial charge in [0.15, 0.2) is 0 Å². The maximum atomic E-state index is 12.9. The zero-order valence-corrected chi connectivity index (χ0v) is 11.4. The van der Waals surface area contributed by atoms with Gasteiger partial charge in [0.25, 0.3) is 5.91 Å². The highest BCUT2D eigenvalue weighted by Gasteiger charge is 2.38. The molecule has 0 N–H and O–H groups in total. The number of rotatable bonds is 0. The van der Waals surface area contributed by atoms with E-state index in [0.717, 1.165) is 29.9 Å². The fourth-order valence-electron chi connectivity index (χ4n) is 3.41. The van der Waals surface area contributed by atoms with Gasteiger partial charge in [0, 0.05) is 25.0 Å². The topological polar surface area (TPSA) is 23.6 Å². The molecule has 3 nitrogen and oxygen atoms in total. The third-order valence-corrected chi connectivity index (χ3v) is 4.32. The lowest BCUT2D eigenvalue weighted by atomic mass is 10.1. The molecule has 0 saturated carbocycles. The summed E-state index contributed by atoms with van der Waals surface area (Å²) in [6.45, 7) is 0.872. The number of para-hydroxylation sites is 2. The first kappa shape index (κ1) is 11.5. The Morgan fingerprint density at radius 2 is 1.70 bits per heavy atom. The summed E-state index contributed by atoms with van der Waals surface area (Å²) in [5.74, 6) is 0.125. The highest BCUT2D eigenvalue weighted by Crippen LogP contribution is 2.37. The molecule has 0 aromatic heterocycles. The Morgan fingerprint density at radius 3 is 2.55 bits per heavy atom. The zero-order valence-electron chi connectivity index (χ0n) is 11.4. The summed E-state index contributed by atoms with van der Waals surface area (Å²) in [4.78, 5) is 17.1. The molecule has 2 aromatic carbocycles. The smallest absolute Gasteiger partial charge is 0.260 e. The molecule has 3 heteroatoms.